The van der Waals surface area contributed by atoms with Gasteiger partial charge in [0.25, 0.3) is 0 Å². The fourth-order valence-electron chi connectivity index (χ4n) is 1.37. The van der Waals surface area contributed by atoms with Crippen LogP contribution in [0.5, 0.6) is 11.5 Å². The van der Waals surface area contributed by atoms with E-state index >= 15 is 0 Å². The molecule has 0 aromatic heterocycles. The molecular formula is C12H16BrNO2. The van der Waals surface area contributed by atoms with Gasteiger partial charge in [0.1, 0.15) is 6.61 Å². The highest BCUT2D eigenvalue weighted by Crippen LogP contribution is 2.31. The number of ether oxygens (including phenoxy) is 2. The van der Waals surface area contributed by atoms with Gasteiger partial charge in [-0.05, 0) is 13.1 Å². The van der Waals surface area contributed by atoms with Gasteiger partial charge < -0.3 is 14.8 Å². The first-order valence-electron chi connectivity index (χ1n) is 4.95. The first-order chi connectivity index (χ1) is 7.69. The Hall–Kier alpha value is -1.00. The van der Waals surface area contributed by atoms with Gasteiger partial charge in [0.05, 0.1) is 7.11 Å². The van der Waals surface area contributed by atoms with Crippen LogP contribution in [-0.2, 0) is 6.54 Å². The first-order valence-corrected chi connectivity index (χ1v) is 5.75. The number of nitrogens with one attached hydrogen (secondary N) is 1. The van der Waals surface area contributed by atoms with E-state index < -0.39 is 0 Å². The third-order valence-electron chi connectivity index (χ3n) is 2.02. The highest BCUT2D eigenvalue weighted by atomic mass is 79.9. The van der Waals surface area contributed by atoms with E-state index in [1.165, 1.54) is 0 Å². The summed E-state index contributed by atoms with van der Waals surface area (Å²) in [6.45, 7) is 4.90. The van der Waals surface area contributed by atoms with Crippen molar-refractivity contribution < 1.29 is 9.47 Å². The summed E-state index contributed by atoms with van der Waals surface area (Å²) < 4.78 is 11.7. The van der Waals surface area contributed by atoms with E-state index in [9.17, 15) is 0 Å². The number of para-hydroxylation sites is 1. The summed E-state index contributed by atoms with van der Waals surface area (Å²) in [7, 11) is 3.53. The van der Waals surface area contributed by atoms with Crippen LogP contribution in [0.15, 0.2) is 29.3 Å². The molecule has 0 aliphatic carbocycles. The molecule has 0 saturated carbocycles. The van der Waals surface area contributed by atoms with E-state index in [-0.39, 0.29) is 0 Å². The molecule has 0 aliphatic rings. The van der Waals surface area contributed by atoms with E-state index in [1.54, 1.807) is 7.11 Å². The average molecular weight is 286 g/mol. The van der Waals surface area contributed by atoms with Crippen molar-refractivity contribution >= 4 is 15.9 Å². The van der Waals surface area contributed by atoms with Crippen LogP contribution < -0.4 is 14.8 Å². The molecule has 3 nitrogen and oxygen atoms in total. The van der Waals surface area contributed by atoms with Crippen LogP contribution in [0.1, 0.15) is 5.56 Å². The SMILES string of the molecule is C=C(Br)COc1c(CNC)cccc1OC. The third kappa shape index (κ3) is 3.54. The molecule has 0 unspecified atom stereocenters. The molecule has 0 atom stereocenters. The molecule has 0 bridgehead atoms. The molecule has 1 rings (SSSR count). The largest absolute Gasteiger partial charge is 0.493 e. The minimum atomic E-state index is 0.428. The topological polar surface area (TPSA) is 30.5 Å². The Balaban J connectivity index is 2.94. The molecule has 88 valence electrons. The van der Waals surface area contributed by atoms with E-state index in [4.69, 9.17) is 9.47 Å². The number of benzene rings is 1. The zero-order valence-electron chi connectivity index (χ0n) is 9.55. The lowest BCUT2D eigenvalue weighted by Gasteiger charge is -2.14. The number of rotatable bonds is 6. The molecule has 0 heterocycles. The normalized spacial score (nSPS) is 9.94. The molecule has 0 radical (unpaired) electrons. The second-order valence-electron chi connectivity index (χ2n) is 3.28. The highest BCUT2D eigenvalue weighted by Gasteiger charge is 2.09. The van der Waals surface area contributed by atoms with Crippen LogP contribution in [0, 0.1) is 0 Å². The van der Waals surface area contributed by atoms with E-state index in [0.29, 0.717) is 6.61 Å². The summed E-state index contributed by atoms with van der Waals surface area (Å²) in [5.41, 5.74) is 1.07. The maximum Gasteiger partial charge on any atom is 0.166 e. The minimum absolute atomic E-state index is 0.428. The van der Waals surface area contributed by atoms with E-state index in [1.807, 2.05) is 25.2 Å². The summed E-state index contributed by atoms with van der Waals surface area (Å²) in [6, 6.07) is 5.83. The molecule has 0 aliphatic heterocycles. The average Bonchev–Trinajstić information content (AvgIpc) is 2.27. The summed E-state index contributed by atoms with van der Waals surface area (Å²) in [6.07, 6.45) is 0. The predicted molar refractivity (Wildman–Crippen MR) is 69.3 cm³/mol. The molecule has 0 amide bonds. The van der Waals surface area contributed by atoms with Crippen LogP contribution in [0.2, 0.25) is 0 Å². The zero-order valence-corrected chi connectivity index (χ0v) is 11.1. The Morgan fingerprint density at radius 1 is 1.50 bits per heavy atom. The van der Waals surface area contributed by atoms with Crippen molar-refractivity contribution in [2.75, 3.05) is 20.8 Å². The second-order valence-corrected chi connectivity index (χ2v) is 4.41. The van der Waals surface area contributed by atoms with Gasteiger partial charge in [-0.25, -0.2) is 0 Å². The molecule has 1 aromatic carbocycles. The quantitative estimate of drug-likeness (QED) is 0.872. The van der Waals surface area contributed by atoms with Crippen molar-refractivity contribution in [2.24, 2.45) is 0 Å². The van der Waals surface area contributed by atoms with Gasteiger partial charge in [-0.15, -0.1) is 0 Å². The van der Waals surface area contributed by atoms with Crippen LogP contribution in [0.4, 0.5) is 0 Å². The molecule has 0 saturated heterocycles. The van der Waals surface area contributed by atoms with Crippen molar-refractivity contribution in [1.29, 1.82) is 0 Å². The number of hydrogen-bond acceptors (Lipinski definition) is 3. The van der Waals surface area contributed by atoms with Crippen molar-refractivity contribution in [3.63, 3.8) is 0 Å². The molecule has 0 fully saturated rings. The summed E-state index contributed by atoms with van der Waals surface area (Å²) in [5.74, 6) is 1.50. The van der Waals surface area contributed by atoms with Gasteiger partial charge in [0, 0.05) is 16.6 Å². The van der Waals surface area contributed by atoms with Crippen LogP contribution in [-0.4, -0.2) is 20.8 Å². The monoisotopic (exact) mass is 285 g/mol. The minimum Gasteiger partial charge on any atom is -0.493 e. The molecule has 1 aromatic rings. The fraction of sp³-hybridized carbons (Fsp3) is 0.333. The van der Waals surface area contributed by atoms with E-state index in [0.717, 1.165) is 28.1 Å². The predicted octanol–water partition coefficient (Wildman–Crippen LogP) is 2.70. The number of halogens is 1. The molecule has 4 heteroatoms. The Bertz CT molecular complexity index is 366. The summed E-state index contributed by atoms with van der Waals surface area (Å²) in [5, 5.41) is 3.09. The standard InChI is InChI=1S/C12H16BrNO2/c1-9(13)8-16-12-10(7-14-2)5-4-6-11(12)15-3/h4-6,14H,1,7-8H2,2-3H3. The lowest BCUT2D eigenvalue weighted by molar-refractivity contribution is 0.321. The van der Waals surface area contributed by atoms with Gasteiger partial charge in [-0.2, -0.15) is 0 Å². The van der Waals surface area contributed by atoms with Gasteiger partial charge in [0.15, 0.2) is 11.5 Å². The Kier molecular flexibility index (Phi) is 5.35. The van der Waals surface area contributed by atoms with Crippen molar-refractivity contribution in [3.05, 3.63) is 34.8 Å². The smallest absolute Gasteiger partial charge is 0.166 e. The third-order valence-corrected chi connectivity index (χ3v) is 2.25. The Morgan fingerprint density at radius 3 is 2.81 bits per heavy atom. The van der Waals surface area contributed by atoms with Gasteiger partial charge >= 0.3 is 0 Å². The van der Waals surface area contributed by atoms with Gasteiger partial charge in [0.2, 0.25) is 0 Å². The molecule has 16 heavy (non-hydrogen) atoms. The fourth-order valence-corrected chi connectivity index (χ4v) is 1.48. The molecule has 0 spiro atoms. The zero-order chi connectivity index (χ0) is 12.0. The number of methoxy groups -OCH3 is 1. The van der Waals surface area contributed by atoms with Crippen molar-refractivity contribution in [3.8, 4) is 11.5 Å². The van der Waals surface area contributed by atoms with E-state index in [2.05, 4.69) is 27.8 Å². The molecular weight excluding hydrogens is 270 g/mol. The maximum absolute atomic E-state index is 5.66. The number of hydrogen-bond donors (Lipinski definition) is 1. The van der Waals surface area contributed by atoms with Gasteiger partial charge in [-0.1, -0.05) is 34.6 Å². The van der Waals surface area contributed by atoms with Gasteiger partial charge in [-0.3, -0.25) is 0 Å². The Morgan fingerprint density at radius 2 is 2.25 bits per heavy atom. The van der Waals surface area contributed by atoms with Crippen LogP contribution >= 0.6 is 15.9 Å². The maximum atomic E-state index is 5.66. The van der Waals surface area contributed by atoms with Crippen LogP contribution in [0.25, 0.3) is 0 Å². The lowest BCUT2D eigenvalue weighted by atomic mass is 10.2. The van der Waals surface area contributed by atoms with Crippen LogP contribution in [0.3, 0.4) is 0 Å². The summed E-state index contributed by atoms with van der Waals surface area (Å²) in [4.78, 5) is 0. The van der Waals surface area contributed by atoms with Crippen molar-refractivity contribution in [1.82, 2.24) is 5.32 Å². The Labute approximate surface area is 105 Å². The first kappa shape index (κ1) is 13.1. The lowest BCUT2D eigenvalue weighted by Crippen LogP contribution is -2.09. The second kappa shape index (κ2) is 6.55. The highest BCUT2D eigenvalue weighted by molar-refractivity contribution is 9.11. The summed E-state index contributed by atoms with van der Waals surface area (Å²) >= 11 is 3.27. The molecule has 1 N–H and O–H groups in total. The van der Waals surface area contributed by atoms with Crippen molar-refractivity contribution in [2.45, 2.75) is 6.54 Å².